The summed E-state index contributed by atoms with van der Waals surface area (Å²) >= 11 is 1.42. The largest absolute Gasteiger partial charge is 0.380 e. The van der Waals surface area contributed by atoms with E-state index in [4.69, 9.17) is 9.73 Å². The van der Waals surface area contributed by atoms with Gasteiger partial charge in [-0.1, -0.05) is 44.2 Å². The van der Waals surface area contributed by atoms with E-state index < -0.39 is 0 Å². The summed E-state index contributed by atoms with van der Waals surface area (Å²) in [5.41, 5.74) is 6.56. The molecule has 1 fully saturated rings. The van der Waals surface area contributed by atoms with Crippen LogP contribution in [0.2, 0.25) is 0 Å². The number of nitrogens with zero attached hydrogens (tertiary/aromatic N) is 3. The van der Waals surface area contributed by atoms with E-state index in [1.807, 2.05) is 43.3 Å². The molecule has 0 bridgehead atoms. The fourth-order valence-corrected chi connectivity index (χ4v) is 5.20. The van der Waals surface area contributed by atoms with Crippen molar-refractivity contribution in [3.63, 3.8) is 0 Å². The normalized spacial score (nSPS) is 16.3. The molecule has 4 rings (SSSR count). The van der Waals surface area contributed by atoms with Crippen molar-refractivity contribution in [2.75, 3.05) is 19.8 Å². The summed E-state index contributed by atoms with van der Waals surface area (Å²) in [5.74, 6) is 0.467. The number of carbonyl (C=O) groups excluding carboxylic acids is 1. The number of aryl methyl sites for hydroxylation is 1. The van der Waals surface area contributed by atoms with E-state index in [0.717, 1.165) is 28.3 Å². The minimum absolute atomic E-state index is 0.0320. The molecule has 0 spiro atoms. The lowest BCUT2D eigenvalue weighted by molar-refractivity contribution is -0.122. The molecule has 2 aromatic carbocycles. The van der Waals surface area contributed by atoms with Crippen molar-refractivity contribution < 1.29 is 9.53 Å². The first-order valence-corrected chi connectivity index (χ1v) is 12.9. The molecule has 182 valence electrons. The van der Waals surface area contributed by atoms with E-state index in [9.17, 15) is 4.79 Å². The van der Waals surface area contributed by atoms with Crippen LogP contribution in [0, 0.1) is 13.8 Å². The van der Waals surface area contributed by atoms with Gasteiger partial charge in [-0.05, 0) is 86.0 Å². The fourth-order valence-electron chi connectivity index (χ4n) is 4.18. The van der Waals surface area contributed by atoms with Crippen LogP contribution in [0.4, 0.5) is 5.69 Å². The average molecular weight is 488 g/mol. The van der Waals surface area contributed by atoms with E-state index in [2.05, 4.69) is 62.6 Å². The van der Waals surface area contributed by atoms with Crippen LogP contribution in [-0.2, 0) is 9.53 Å². The summed E-state index contributed by atoms with van der Waals surface area (Å²) in [6.45, 7) is 12.1. The zero-order valence-corrected chi connectivity index (χ0v) is 21.9. The highest BCUT2D eigenvalue weighted by molar-refractivity contribution is 8.18. The van der Waals surface area contributed by atoms with Crippen molar-refractivity contribution in [1.82, 2.24) is 9.47 Å². The lowest BCUT2D eigenvalue weighted by Gasteiger charge is -2.15. The third-order valence-electron chi connectivity index (χ3n) is 6.11. The second kappa shape index (κ2) is 11.1. The van der Waals surface area contributed by atoms with Gasteiger partial charge in [0.1, 0.15) is 0 Å². The molecule has 1 aromatic heterocycles. The molecule has 3 aromatic rings. The van der Waals surface area contributed by atoms with Gasteiger partial charge in [-0.3, -0.25) is 9.69 Å². The predicted molar refractivity (Wildman–Crippen MR) is 147 cm³/mol. The van der Waals surface area contributed by atoms with Gasteiger partial charge in [0, 0.05) is 23.7 Å². The van der Waals surface area contributed by atoms with Gasteiger partial charge in [0.25, 0.3) is 5.91 Å². The average Bonchev–Trinajstić information content (AvgIpc) is 3.29. The number of amides is 1. The maximum Gasteiger partial charge on any atom is 0.266 e. The highest BCUT2D eigenvalue weighted by atomic mass is 32.2. The molecule has 1 amide bonds. The summed E-state index contributed by atoms with van der Waals surface area (Å²) < 4.78 is 7.77. The first-order chi connectivity index (χ1) is 16.9. The number of aromatic nitrogens is 1. The number of benzene rings is 2. The molecule has 35 heavy (non-hydrogen) atoms. The number of carbonyl (C=O) groups is 1. The minimum Gasteiger partial charge on any atom is -0.380 e. The number of hydrogen-bond donors (Lipinski definition) is 0. The van der Waals surface area contributed by atoms with Crippen molar-refractivity contribution in [3.8, 4) is 5.69 Å². The molecule has 2 heterocycles. The first kappa shape index (κ1) is 25.0. The standard InChI is InChI=1S/C29H33N3O2S/c1-6-34-17-16-31-28(33)27(35-29(31)30-25-10-8-7-9-11-25)19-24-18-21(4)32(22(24)5)26-14-12-23(13-15-26)20(2)3/h7-15,18-20H,6,16-17H2,1-5H3/b27-19-,30-29?. The predicted octanol–water partition coefficient (Wildman–Crippen LogP) is 6.86. The van der Waals surface area contributed by atoms with Crippen molar-refractivity contribution in [3.05, 3.63) is 88.1 Å². The number of aliphatic imine (C=N–C) groups is 1. The number of para-hydroxylation sites is 1. The van der Waals surface area contributed by atoms with Gasteiger partial charge in [-0.2, -0.15) is 0 Å². The van der Waals surface area contributed by atoms with Gasteiger partial charge in [-0.25, -0.2) is 4.99 Å². The van der Waals surface area contributed by atoms with Crippen molar-refractivity contribution in [1.29, 1.82) is 0 Å². The number of hydrogen-bond acceptors (Lipinski definition) is 4. The Labute approximate surface area is 212 Å². The topological polar surface area (TPSA) is 46.8 Å². The van der Waals surface area contributed by atoms with E-state index in [1.165, 1.54) is 17.3 Å². The number of amidine groups is 1. The van der Waals surface area contributed by atoms with Gasteiger partial charge >= 0.3 is 0 Å². The smallest absolute Gasteiger partial charge is 0.266 e. The monoisotopic (exact) mass is 487 g/mol. The lowest BCUT2D eigenvalue weighted by atomic mass is 10.0. The Morgan fingerprint density at radius 2 is 1.77 bits per heavy atom. The Morgan fingerprint density at radius 3 is 2.43 bits per heavy atom. The molecule has 0 unspecified atom stereocenters. The van der Waals surface area contributed by atoms with Crippen molar-refractivity contribution in [2.24, 2.45) is 4.99 Å². The fraction of sp³-hybridized carbons (Fsp3) is 0.310. The third kappa shape index (κ3) is 5.60. The van der Waals surface area contributed by atoms with Crippen LogP contribution in [0.1, 0.15) is 49.2 Å². The minimum atomic E-state index is -0.0320. The molecule has 1 aliphatic heterocycles. The van der Waals surface area contributed by atoms with Gasteiger partial charge < -0.3 is 9.30 Å². The maximum absolute atomic E-state index is 13.4. The summed E-state index contributed by atoms with van der Waals surface area (Å²) in [5, 5.41) is 0.685. The molecule has 0 radical (unpaired) electrons. The Hall–Kier alpha value is -3.09. The van der Waals surface area contributed by atoms with E-state index in [0.29, 0.717) is 35.7 Å². The molecule has 5 nitrogen and oxygen atoms in total. The molecular weight excluding hydrogens is 454 g/mol. The van der Waals surface area contributed by atoms with Gasteiger partial charge in [-0.15, -0.1) is 0 Å². The van der Waals surface area contributed by atoms with Crippen molar-refractivity contribution >= 4 is 34.6 Å². The van der Waals surface area contributed by atoms with Crippen LogP contribution in [-0.4, -0.2) is 40.3 Å². The second-order valence-electron chi connectivity index (χ2n) is 8.90. The van der Waals surface area contributed by atoms with Crippen LogP contribution in [0.5, 0.6) is 0 Å². The quantitative estimate of drug-likeness (QED) is 0.258. The SMILES string of the molecule is CCOCCN1C(=O)/C(=C/c2cc(C)n(-c3ccc(C(C)C)cc3)c2C)SC1=Nc1ccccc1. The Morgan fingerprint density at radius 1 is 1.06 bits per heavy atom. The Balaban J connectivity index is 1.66. The van der Waals surface area contributed by atoms with Crippen LogP contribution in [0.3, 0.4) is 0 Å². The molecule has 6 heteroatoms. The summed E-state index contributed by atoms with van der Waals surface area (Å²) in [6.07, 6.45) is 2.00. The maximum atomic E-state index is 13.4. The summed E-state index contributed by atoms with van der Waals surface area (Å²) in [7, 11) is 0. The zero-order chi connectivity index (χ0) is 24.9. The van der Waals surface area contributed by atoms with E-state index >= 15 is 0 Å². The molecule has 0 atom stereocenters. The van der Waals surface area contributed by atoms with Gasteiger partial charge in [0.15, 0.2) is 5.17 Å². The Kier molecular flexibility index (Phi) is 7.93. The molecule has 0 N–H and O–H groups in total. The van der Waals surface area contributed by atoms with E-state index in [-0.39, 0.29) is 5.91 Å². The number of ether oxygens (including phenoxy) is 1. The van der Waals surface area contributed by atoms with Crippen LogP contribution >= 0.6 is 11.8 Å². The van der Waals surface area contributed by atoms with Gasteiger partial charge in [0.05, 0.1) is 23.7 Å². The van der Waals surface area contributed by atoms with Crippen LogP contribution < -0.4 is 0 Å². The highest BCUT2D eigenvalue weighted by Crippen LogP contribution is 2.35. The van der Waals surface area contributed by atoms with Crippen LogP contribution in [0.15, 0.2) is 70.6 Å². The molecule has 1 saturated heterocycles. The highest BCUT2D eigenvalue weighted by Gasteiger charge is 2.33. The summed E-state index contributed by atoms with van der Waals surface area (Å²) in [6, 6.07) is 20.6. The van der Waals surface area contributed by atoms with Crippen LogP contribution in [0.25, 0.3) is 11.8 Å². The van der Waals surface area contributed by atoms with E-state index in [1.54, 1.807) is 4.90 Å². The second-order valence-corrected chi connectivity index (χ2v) is 9.91. The third-order valence-corrected chi connectivity index (χ3v) is 7.11. The molecule has 1 aliphatic rings. The first-order valence-electron chi connectivity index (χ1n) is 12.1. The zero-order valence-electron chi connectivity index (χ0n) is 21.1. The van der Waals surface area contributed by atoms with Gasteiger partial charge in [0.2, 0.25) is 0 Å². The molecular formula is C29H33N3O2S. The molecule has 0 aliphatic carbocycles. The van der Waals surface area contributed by atoms with Crippen molar-refractivity contribution in [2.45, 2.75) is 40.5 Å². The molecule has 0 saturated carbocycles. The number of thioether (sulfide) groups is 1. The summed E-state index contributed by atoms with van der Waals surface area (Å²) in [4.78, 5) is 20.5. The lowest BCUT2D eigenvalue weighted by Crippen LogP contribution is -2.32. The number of rotatable bonds is 8. The Bertz CT molecular complexity index is 1240.